The fourth-order valence-corrected chi connectivity index (χ4v) is 1.96. The van der Waals surface area contributed by atoms with E-state index in [1.54, 1.807) is 12.1 Å². The Morgan fingerprint density at radius 2 is 2.25 bits per heavy atom. The SMILES string of the molecule is C=C(Br)Cn1ccc2c([N+](=O)[O-])cccc21. The number of hydrogen-bond acceptors (Lipinski definition) is 2. The minimum absolute atomic E-state index is 0.136. The maximum Gasteiger partial charge on any atom is 0.278 e. The number of benzene rings is 1. The first-order chi connectivity index (χ1) is 7.59. The second-order valence-electron chi connectivity index (χ2n) is 3.43. The van der Waals surface area contributed by atoms with Gasteiger partial charge in [0.25, 0.3) is 5.69 Å². The van der Waals surface area contributed by atoms with E-state index < -0.39 is 0 Å². The molecule has 0 unspecified atom stereocenters. The van der Waals surface area contributed by atoms with Gasteiger partial charge in [0.05, 0.1) is 22.4 Å². The van der Waals surface area contributed by atoms with Crippen molar-refractivity contribution < 1.29 is 4.92 Å². The zero-order valence-corrected chi connectivity index (χ0v) is 9.98. The van der Waals surface area contributed by atoms with Gasteiger partial charge in [-0.25, -0.2) is 0 Å². The zero-order valence-electron chi connectivity index (χ0n) is 8.39. The second kappa shape index (κ2) is 4.09. The number of non-ortho nitro benzene ring substituents is 1. The summed E-state index contributed by atoms with van der Waals surface area (Å²) in [6.07, 6.45) is 1.82. The monoisotopic (exact) mass is 280 g/mol. The van der Waals surface area contributed by atoms with E-state index in [4.69, 9.17) is 0 Å². The van der Waals surface area contributed by atoms with Crippen LogP contribution in [0, 0.1) is 10.1 Å². The zero-order chi connectivity index (χ0) is 11.7. The first-order valence-electron chi connectivity index (χ1n) is 4.65. The standard InChI is InChI=1S/C11H9BrN2O2/c1-8(12)7-13-6-5-9-10(13)3-2-4-11(9)14(15)16/h2-6H,1,7H2. The van der Waals surface area contributed by atoms with Gasteiger partial charge in [0, 0.05) is 16.7 Å². The summed E-state index contributed by atoms with van der Waals surface area (Å²) in [6, 6.07) is 6.81. The summed E-state index contributed by atoms with van der Waals surface area (Å²) in [6.45, 7) is 4.36. The van der Waals surface area contributed by atoms with Gasteiger partial charge in [-0.1, -0.05) is 28.6 Å². The third-order valence-electron chi connectivity index (χ3n) is 2.33. The van der Waals surface area contributed by atoms with Crippen molar-refractivity contribution in [3.8, 4) is 0 Å². The Hall–Kier alpha value is -1.62. The van der Waals surface area contributed by atoms with Gasteiger partial charge in [-0.05, 0) is 12.1 Å². The van der Waals surface area contributed by atoms with Crippen molar-refractivity contribution in [2.45, 2.75) is 6.54 Å². The van der Waals surface area contributed by atoms with Crippen LogP contribution in [-0.4, -0.2) is 9.49 Å². The Balaban J connectivity index is 2.61. The lowest BCUT2D eigenvalue weighted by Crippen LogP contribution is -1.95. The summed E-state index contributed by atoms with van der Waals surface area (Å²) >= 11 is 3.28. The Morgan fingerprint density at radius 3 is 2.88 bits per heavy atom. The number of allylic oxidation sites excluding steroid dienone is 1. The number of halogens is 1. The average molecular weight is 281 g/mol. The molecule has 1 heterocycles. The first-order valence-corrected chi connectivity index (χ1v) is 5.44. The lowest BCUT2D eigenvalue weighted by Gasteiger charge is -2.03. The topological polar surface area (TPSA) is 48.1 Å². The fraction of sp³-hybridized carbons (Fsp3) is 0.0909. The van der Waals surface area contributed by atoms with E-state index in [0.717, 1.165) is 10.00 Å². The molecule has 0 N–H and O–H groups in total. The number of aromatic nitrogens is 1. The van der Waals surface area contributed by atoms with Crippen molar-refractivity contribution in [2.24, 2.45) is 0 Å². The predicted octanol–water partition coefficient (Wildman–Crippen LogP) is 3.46. The van der Waals surface area contributed by atoms with E-state index in [9.17, 15) is 10.1 Å². The molecule has 0 aliphatic carbocycles. The van der Waals surface area contributed by atoms with Gasteiger partial charge in [0.1, 0.15) is 0 Å². The molecule has 2 aromatic rings. The minimum Gasteiger partial charge on any atom is -0.342 e. The van der Waals surface area contributed by atoms with E-state index in [-0.39, 0.29) is 10.6 Å². The molecule has 16 heavy (non-hydrogen) atoms. The third kappa shape index (κ3) is 1.86. The van der Waals surface area contributed by atoms with Crippen molar-refractivity contribution in [3.63, 3.8) is 0 Å². The van der Waals surface area contributed by atoms with E-state index in [0.29, 0.717) is 11.9 Å². The van der Waals surface area contributed by atoms with Crippen molar-refractivity contribution in [3.05, 3.63) is 51.6 Å². The largest absolute Gasteiger partial charge is 0.342 e. The molecule has 1 aromatic heterocycles. The van der Waals surface area contributed by atoms with Crippen LogP contribution in [-0.2, 0) is 6.54 Å². The van der Waals surface area contributed by atoms with E-state index in [2.05, 4.69) is 22.5 Å². The number of rotatable bonds is 3. The molecule has 0 bridgehead atoms. The maximum absolute atomic E-state index is 10.8. The van der Waals surface area contributed by atoms with Crippen molar-refractivity contribution >= 4 is 32.5 Å². The van der Waals surface area contributed by atoms with Gasteiger partial charge in [-0.15, -0.1) is 0 Å². The lowest BCUT2D eigenvalue weighted by atomic mass is 10.2. The maximum atomic E-state index is 10.8. The number of nitro groups is 1. The predicted molar refractivity (Wildman–Crippen MR) is 66.7 cm³/mol. The molecule has 0 aliphatic heterocycles. The Morgan fingerprint density at radius 1 is 1.50 bits per heavy atom. The molecule has 0 radical (unpaired) electrons. The highest BCUT2D eigenvalue weighted by Crippen LogP contribution is 2.26. The fourth-order valence-electron chi connectivity index (χ4n) is 1.69. The van der Waals surface area contributed by atoms with Crippen LogP contribution in [0.4, 0.5) is 5.69 Å². The number of nitro benzene ring substituents is 1. The van der Waals surface area contributed by atoms with Crippen molar-refractivity contribution in [1.29, 1.82) is 0 Å². The number of nitrogens with zero attached hydrogens (tertiary/aromatic N) is 2. The molecule has 0 fully saturated rings. The van der Waals surface area contributed by atoms with Crippen LogP contribution in [0.3, 0.4) is 0 Å². The van der Waals surface area contributed by atoms with Crippen LogP contribution in [0.5, 0.6) is 0 Å². The minimum atomic E-state index is -0.365. The highest BCUT2D eigenvalue weighted by Gasteiger charge is 2.13. The van der Waals surface area contributed by atoms with E-state index >= 15 is 0 Å². The normalized spacial score (nSPS) is 10.6. The van der Waals surface area contributed by atoms with Crippen LogP contribution in [0.1, 0.15) is 0 Å². The lowest BCUT2D eigenvalue weighted by molar-refractivity contribution is -0.383. The molecule has 0 atom stereocenters. The highest BCUT2D eigenvalue weighted by atomic mass is 79.9. The van der Waals surface area contributed by atoms with Crippen LogP contribution in [0.25, 0.3) is 10.9 Å². The molecule has 1 aromatic carbocycles. The van der Waals surface area contributed by atoms with Gasteiger partial charge in [-0.3, -0.25) is 10.1 Å². The van der Waals surface area contributed by atoms with Crippen LogP contribution in [0.15, 0.2) is 41.5 Å². The summed E-state index contributed by atoms with van der Waals surface area (Å²) in [7, 11) is 0. The molecule has 82 valence electrons. The summed E-state index contributed by atoms with van der Waals surface area (Å²) in [5.41, 5.74) is 0.978. The van der Waals surface area contributed by atoms with Crippen molar-refractivity contribution in [2.75, 3.05) is 0 Å². The first kappa shape index (κ1) is 10.9. The smallest absolute Gasteiger partial charge is 0.278 e. The molecule has 0 saturated heterocycles. The summed E-state index contributed by atoms with van der Waals surface area (Å²) < 4.78 is 2.75. The van der Waals surface area contributed by atoms with Crippen LogP contribution >= 0.6 is 15.9 Å². The average Bonchev–Trinajstić information content (AvgIpc) is 2.60. The summed E-state index contributed by atoms with van der Waals surface area (Å²) in [4.78, 5) is 10.5. The Kier molecular flexibility index (Phi) is 2.78. The van der Waals surface area contributed by atoms with Gasteiger partial charge >= 0.3 is 0 Å². The van der Waals surface area contributed by atoms with Crippen LogP contribution < -0.4 is 0 Å². The molecular formula is C11H9BrN2O2. The molecule has 2 rings (SSSR count). The van der Waals surface area contributed by atoms with Crippen LogP contribution in [0.2, 0.25) is 0 Å². The second-order valence-corrected chi connectivity index (χ2v) is 4.55. The highest BCUT2D eigenvalue weighted by molar-refractivity contribution is 9.11. The number of fused-ring (bicyclic) bond motifs is 1. The molecule has 0 aliphatic rings. The summed E-state index contributed by atoms with van der Waals surface area (Å²) in [5.74, 6) is 0. The molecular weight excluding hydrogens is 272 g/mol. The number of hydrogen-bond donors (Lipinski definition) is 0. The Bertz CT molecular complexity index is 574. The van der Waals surface area contributed by atoms with Gasteiger partial charge in [0.15, 0.2) is 0 Å². The molecule has 0 spiro atoms. The molecule has 0 saturated carbocycles. The molecule has 5 heteroatoms. The Labute approximate surface area is 100 Å². The third-order valence-corrected chi connectivity index (χ3v) is 2.58. The molecule has 4 nitrogen and oxygen atoms in total. The molecule has 0 amide bonds. The quantitative estimate of drug-likeness (QED) is 0.639. The van der Waals surface area contributed by atoms with Gasteiger partial charge < -0.3 is 4.57 Å². The van der Waals surface area contributed by atoms with E-state index in [1.807, 2.05) is 16.8 Å². The van der Waals surface area contributed by atoms with Gasteiger partial charge in [-0.2, -0.15) is 0 Å². The summed E-state index contributed by atoms with van der Waals surface area (Å²) in [5, 5.41) is 11.5. The van der Waals surface area contributed by atoms with Crippen molar-refractivity contribution in [1.82, 2.24) is 4.57 Å². The van der Waals surface area contributed by atoms with E-state index in [1.165, 1.54) is 6.07 Å². The van der Waals surface area contributed by atoms with Gasteiger partial charge in [0.2, 0.25) is 0 Å².